The molecule has 2 aromatic carbocycles. The van der Waals surface area contributed by atoms with Crippen molar-refractivity contribution in [3.8, 4) is 22.4 Å². The predicted octanol–water partition coefficient (Wildman–Crippen LogP) is 5.80. The first-order chi connectivity index (χ1) is 17.8. The van der Waals surface area contributed by atoms with E-state index in [1.165, 1.54) is 6.08 Å². The van der Waals surface area contributed by atoms with E-state index < -0.39 is 0 Å². The molecular formula is C30H30ClN5O. The van der Waals surface area contributed by atoms with Gasteiger partial charge in [-0.05, 0) is 50.1 Å². The molecule has 7 heteroatoms. The van der Waals surface area contributed by atoms with Crippen molar-refractivity contribution < 1.29 is 4.79 Å². The van der Waals surface area contributed by atoms with E-state index >= 15 is 0 Å². The molecule has 37 heavy (non-hydrogen) atoms. The van der Waals surface area contributed by atoms with E-state index in [1.54, 1.807) is 0 Å². The molecule has 2 aromatic heterocycles. The Kier molecular flexibility index (Phi) is 5.60. The summed E-state index contributed by atoms with van der Waals surface area (Å²) in [7, 11) is 1.97. The number of halogens is 1. The average Bonchev–Trinajstić information content (AvgIpc) is 3.46. The zero-order valence-electron chi connectivity index (χ0n) is 21.5. The standard InChI is InChI=1S/C30H30ClN5O/c1-5-27(37)36-17-30(18-36)12-13-35(16-30)29-20(3)28(22-8-6-7-9-24(22)31)23-11-10-21(15-25(23)32-29)26-14-19(2)33-34(26)4/h5-11,14-15H,1,12-13,16-18H2,2-4H3. The van der Waals surface area contributed by atoms with E-state index in [4.69, 9.17) is 16.6 Å². The van der Waals surface area contributed by atoms with Crippen LogP contribution >= 0.6 is 11.6 Å². The highest BCUT2D eigenvalue weighted by Crippen LogP contribution is 2.45. The van der Waals surface area contributed by atoms with Gasteiger partial charge in [0, 0.05) is 65.7 Å². The summed E-state index contributed by atoms with van der Waals surface area (Å²) in [6.07, 6.45) is 2.45. The third kappa shape index (κ3) is 3.91. The van der Waals surface area contributed by atoms with Crippen LogP contribution in [0.3, 0.4) is 0 Å². The van der Waals surface area contributed by atoms with Crippen molar-refractivity contribution in [2.45, 2.75) is 20.3 Å². The average molecular weight is 512 g/mol. The van der Waals surface area contributed by atoms with E-state index in [-0.39, 0.29) is 11.3 Å². The van der Waals surface area contributed by atoms with Crippen LogP contribution in [0.25, 0.3) is 33.3 Å². The largest absolute Gasteiger partial charge is 0.356 e. The molecule has 6 rings (SSSR count). The lowest BCUT2D eigenvalue weighted by atomic mass is 9.79. The summed E-state index contributed by atoms with van der Waals surface area (Å²) < 4.78 is 1.91. The van der Waals surface area contributed by atoms with Crippen LogP contribution in [0.15, 0.2) is 61.2 Å². The molecule has 1 amide bonds. The van der Waals surface area contributed by atoms with Gasteiger partial charge in [0.2, 0.25) is 5.91 Å². The summed E-state index contributed by atoms with van der Waals surface area (Å²) >= 11 is 6.74. The fourth-order valence-corrected chi connectivity index (χ4v) is 6.36. The lowest BCUT2D eigenvalue weighted by Gasteiger charge is -2.47. The van der Waals surface area contributed by atoms with Gasteiger partial charge in [-0.15, -0.1) is 0 Å². The number of aryl methyl sites for hydroxylation is 2. The number of carbonyl (C=O) groups excluding carboxylic acids is 1. The van der Waals surface area contributed by atoms with E-state index in [9.17, 15) is 4.79 Å². The number of aromatic nitrogens is 3. The molecule has 0 aliphatic carbocycles. The Labute approximate surface area is 222 Å². The van der Waals surface area contributed by atoms with Crippen molar-refractivity contribution in [2.75, 3.05) is 31.1 Å². The highest BCUT2D eigenvalue weighted by Gasteiger charge is 2.49. The van der Waals surface area contributed by atoms with E-state index in [1.807, 2.05) is 41.8 Å². The Morgan fingerprint density at radius 3 is 2.59 bits per heavy atom. The fourth-order valence-electron chi connectivity index (χ4n) is 6.13. The minimum atomic E-state index is 0.0167. The van der Waals surface area contributed by atoms with E-state index in [0.717, 1.165) is 88.0 Å². The molecule has 0 atom stereocenters. The Morgan fingerprint density at radius 1 is 1.11 bits per heavy atom. The molecule has 0 saturated carbocycles. The van der Waals surface area contributed by atoms with Gasteiger partial charge >= 0.3 is 0 Å². The number of likely N-dealkylation sites (tertiary alicyclic amines) is 1. The first kappa shape index (κ1) is 23.7. The van der Waals surface area contributed by atoms with Crippen molar-refractivity contribution in [1.82, 2.24) is 19.7 Å². The lowest BCUT2D eigenvalue weighted by molar-refractivity contribution is -0.136. The molecule has 4 aromatic rings. The number of benzene rings is 2. The summed E-state index contributed by atoms with van der Waals surface area (Å²) in [6, 6.07) is 16.6. The van der Waals surface area contributed by atoms with Crippen LogP contribution in [0.1, 0.15) is 17.7 Å². The number of nitrogens with zero attached hydrogens (tertiary/aromatic N) is 5. The molecule has 0 unspecified atom stereocenters. The monoisotopic (exact) mass is 511 g/mol. The molecule has 1 spiro atoms. The van der Waals surface area contributed by atoms with Gasteiger partial charge < -0.3 is 9.80 Å². The molecule has 2 aliphatic heterocycles. The molecule has 188 valence electrons. The Balaban J connectivity index is 1.47. The summed E-state index contributed by atoms with van der Waals surface area (Å²) in [5.74, 6) is 1.01. The van der Waals surface area contributed by atoms with Crippen LogP contribution in [0.2, 0.25) is 5.02 Å². The second-order valence-corrected chi connectivity index (χ2v) is 10.9. The number of fused-ring (bicyclic) bond motifs is 1. The topological polar surface area (TPSA) is 54.3 Å². The van der Waals surface area contributed by atoms with Gasteiger partial charge in [0.1, 0.15) is 5.82 Å². The Hall–Kier alpha value is -3.64. The van der Waals surface area contributed by atoms with Crippen molar-refractivity contribution in [1.29, 1.82) is 0 Å². The van der Waals surface area contributed by atoms with Crippen molar-refractivity contribution >= 4 is 34.2 Å². The molecule has 2 saturated heterocycles. The van der Waals surface area contributed by atoms with Gasteiger partial charge in [0.15, 0.2) is 0 Å². The number of carbonyl (C=O) groups is 1. The normalized spacial score (nSPS) is 16.4. The molecule has 2 fully saturated rings. The van der Waals surface area contributed by atoms with Crippen LogP contribution in [0.4, 0.5) is 5.82 Å². The zero-order chi connectivity index (χ0) is 25.9. The second-order valence-electron chi connectivity index (χ2n) is 10.5. The number of amides is 1. The van der Waals surface area contributed by atoms with Crippen molar-refractivity contribution in [3.05, 3.63) is 77.5 Å². The highest BCUT2D eigenvalue weighted by atomic mass is 35.5. The number of rotatable bonds is 4. The minimum absolute atomic E-state index is 0.0167. The maximum absolute atomic E-state index is 12.1. The van der Waals surface area contributed by atoms with Crippen LogP contribution in [-0.2, 0) is 11.8 Å². The third-order valence-corrected chi connectivity index (χ3v) is 8.25. The number of anilines is 1. The first-order valence-electron chi connectivity index (χ1n) is 12.7. The van der Waals surface area contributed by atoms with Gasteiger partial charge in [-0.3, -0.25) is 9.48 Å². The van der Waals surface area contributed by atoms with Crippen molar-refractivity contribution in [2.24, 2.45) is 12.5 Å². The maximum Gasteiger partial charge on any atom is 0.245 e. The number of hydrogen-bond acceptors (Lipinski definition) is 4. The summed E-state index contributed by atoms with van der Waals surface area (Å²) in [4.78, 5) is 21.6. The van der Waals surface area contributed by atoms with Crippen molar-refractivity contribution in [3.63, 3.8) is 0 Å². The van der Waals surface area contributed by atoms with Gasteiger partial charge in [0.05, 0.1) is 16.9 Å². The maximum atomic E-state index is 12.1. The van der Waals surface area contributed by atoms with Gasteiger partial charge in [-0.1, -0.05) is 48.5 Å². The summed E-state index contributed by atoms with van der Waals surface area (Å²) in [5.41, 5.74) is 7.45. The van der Waals surface area contributed by atoms with E-state index in [0.29, 0.717) is 0 Å². The molecule has 4 heterocycles. The van der Waals surface area contributed by atoms with Crippen LogP contribution < -0.4 is 4.90 Å². The van der Waals surface area contributed by atoms with Crippen LogP contribution in [-0.4, -0.2) is 51.8 Å². The highest BCUT2D eigenvalue weighted by molar-refractivity contribution is 6.33. The van der Waals surface area contributed by atoms with E-state index in [2.05, 4.69) is 53.8 Å². The zero-order valence-corrected chi connectivity index (χ0v) is 22.2. The van der Waals surface area contributed by atoms with Gasteiger partial charge in [-0.25, -0.2) is 4.98 Å². The molecule has 2 aliphatic rings. The third-order valence-electron chi connectivity index (χ3n) is 7.92. The summed E-state index contributed by atoms with van der Waals surface area (Å²) in [6.45, 7) is 11.2. The Bertz CT molecular complexity index is 1570. The molecule has 0 bridgehead atoms. The number of pyridine rings is 1. The second kappa shape index (κ2) is 8.73. The minimum Gasteiger partial charge on any atom is -0.356 e. The SMILES string of the molecule is C=CC(=O)N1CC2(CCN(c3nc4cc(-c5cc(C)nn5C)ccc4c(-c4ccccc4Cl)c3C)C2)C1. The smallest absolute Gasteiger partial charge is 0.245 e. The van der Waals surface area contributed by atoms with Crippen LogP contribution in [0, 0.1) is 19.3 Å². The van der Waals surface area contributed by atoms with Gasteiger partial charge in [-0.2, -0.15) is 5.10 Å². The number of hydrogen-bond donors (Lipinski definition) is 0. The fraction of sp³-hybridized carbons (Fsp3) is 0.300. The first-order valence-corrected chi connectivity index (χ1v) is 13.0. The molecule has 0 N–H and O–H groups in total. The quantitative estimate of drug-likeness (QED) is 0.325. The lowest BCUT2D eigenvalue weighted by Crippen LogP contribution is -2.59. The molecule has 0 radical (unpaired) electrons. The molecule has 6 nitrogen and oxygen atoms in total. The van der Waals surface area contributed by atoms with Crippen LogP contribution in [0.5, 0.6) is 0 Å². The predicted molar refractivity (Wildman–Crippen MR) is 150 cm³/mol. The van der Waals surface area contributed by atoms with Gasteiger partial charge in [0.25, 0.3) is 0 Å². The Morgan fingerprint density at radius 2 is 1.89 bits per heavy atom. The summed E-state index contributed by atoms with van der Waals surface area (Å²) in [5, 5.41) is 6.34. The molecular weight excluding hydrogens is 482 g/mol.